The van der Waals surface area contributed by atoms with E-state index in [2.05, 4.69) is 102 Å². The summed E-state index contributed by atoms with van der Waals surface area (Å²) >= 11 is 0. The molecule has 15 heteroatoms. The van der Waals surface area contributed by atoms with Crippen molar-refractivity contribution in [2.45, 2.75) is 210 Å². The molecule has 0 spiro atoms. The van der Waals surface area contributed by atoms with E-state index in [1.54, 1.807) is 9.80 Å². The van der Waals surface area contributed by atoms with Crippen molar-refractivity contribution >= 4 is 35.8 Å². The Hall–Kier alpha value is -4.40. The van der Waals surface area contributed by atoms with Crippen LogP contribution in [-0.4, -0.2) is 176 Å². The van der Waals surface area contributed by atoms with Gasteiger partial charge >= 0.3 is 12.1 Å². The van der Waals surface area contributed by atoms with E-state index < -0.39 is 0 Å². The summed E-state index contributed by atoms with van der Waals surface area (Å²) in [5, 5.41) is 0. The van der Waals surface area contributed by atoms with Gasteiger partial charge in [-0.2, -0.15) is 0 Å². The number of ether oxygens (including phenoxy) is 2. The maximum Gasteiger partial charge on any atom is 0.410 e. The van der Waals surface area contributed by atoms with E-state index in [1.807, 2.05) is 91.3 Å². The van der Waals surface area contributed by atoms with Crippen molar-refractivity contribution in [2.24, 2.45) is 0 Å². The molecule has 0 atom stereocenters. The van der Waals surface area contributed by atoms with Crippen molar-refractivity contribution in [1.29, 1.82) is 0 Å². The van der Waals surface area contributed by atoms with Gasteiger partial charge in [-0.05, 0) is 157 Å². The van der Waals surface area contributed by atoms with Crippen LogP contribution in [0.15, 0.2) is 30.3 Å². The molecule has 1 aromatic rings. The van der Waals surface area contributed by atoms with Gasteiger partial charge in [-0.1, -0.05) is 35.9 Å². The number of cyclic esters (lactones) is 1. The fourth-order valence-corrected chi connectivity index (χ4v) is 8.26. The summed E-state index contributed by atoms with van der Waals surface area (Å²) in [6.07, 6.45) is 6.37. The molecule has 0 radical (unpaired) electrons. The molecular formula is C55H99N7O8. The number of benzene rings is 1. The van der Waals surface area contributed by atoms with E-state index in [0.717, 1.165) is 84.3 Å². The first-order valence-corrected chi connectivity index (χ1v) is 25.7. The minimum Gasteiger partial charge on any atom is -0.448 e. The van der Waals surface area contributed by atoms with Crippen LogP contribution in [0.4, 0.5) is 9.59 Å². The summed E-state index contributed by atoms with van der Waals surface area (Å²) in [5.74, 6) is 1.05. The molecule has 15 nitrogen and oxygen atoms in total. The number of rotatable bonds is 0. The van der Waals surface area contributed by atoms with Gasteiger partial charge < -0.3 is 38.9 Å². The van der Waals surface area contributed by atoms with Gasteiger partial charge in [0.05, 0.1) is 13.2 Å². The number of aryl methyl sites for hydroxylation is 1. The van der Waals surface area contributed by atoms with Crippen LogP contribution >= 0.6 is 0 Å². The minimum atomic E-state index is -0.187. The molecule has 6 aliphatic rings. The van der Waals surface area contributed by atoms with Crippen LogP contribution in [0.5, 0.6) is 0 Å². The highest BCUT2D eigenvalue weighted by atomic mass is 16.6. The number of hydrogen-bond acceptors (Lipinski definition) is 8. The number of piperidine rings is 1. The molecule has 7 rings (SSSR count). The number of likely N-dealkylation sites (tertiary alicyclic amines) is 3. The second-order valence-corrected chi connectivity index (χ2v) is 24.7. The smallest absolute Gasteiger partial charge is 0.410 e. The fraction of sp³-hybridized carbons (Fsp3) is 0.782. The van der Waals surface area contributed by atoms with Gasteiger partial charge in [-0.25, -0.2) is 9.59 Å². The number of morpholine rings is 1. The summed E-state index contributed by atoms with van der Waals surface area (Å²) in [7, 11) is 1.84. The number of urea groups is 1. The van der Waals surface area contributed by atoms with Crippen LogP contribution in [-0.2, 0) is 28.7 Å². The summed E-state index contributed by atoms with van der Waals surface area (Å²) in [6.45, 7) is 46.6. The molecule has 0 bridgehead atoms. The lowest BCUT2D eigenvalue weighted by atomic mass is 10.0. The summed E-state index contributed by atoms with van der Waals surface area (Å²) in [5.41, 5.74) is 1.25. The second-order valence-electron chi connectivity index (χ2n) is 24.7. The highest BCUT2D eigenvalue weighted by Gasteiger charge is 2.35. The van der Waals surface area contributed by atoms with E-state index in [4.69, 9.17) is 9.47 Å². The summed E-state index contributed by atoms with van der Waals surface area (Å²) < 4.78 is 9.79. The summed E-state index contributed by atoms with van der Waals surface area (Å²) in [4.78, 5) is 80.4. The molecule has 0 aromatic heterocycles. The Morgan fingerprint density at radius 2 is 0.771 bits per heavy atom. The standard InChI is InChI=1S/C9H17NO.C8H16N2O.C8H15NO2.2C8H15NO.C7H13NO2.C7H8/c1-9(2,3)10-7-5-4-6-8(10)11;1-8(2,3)10-6-5-9(4)7(10)11;1-8(2,3)9-4-5-11-6-7(9)10;2*1-8(2,3)9-6-4-5-7(9)10;1-7(2,3)8-4-5-10-6(8)9;1-7-5-3-2-4-6-7/h4-7H2,1-3H3;5-6H2,1-4H3;4-6H2,1-3H3;2*4-6H2,1-3H3;4-5H2,1-3H3;2-6H,1H3. The third-order valence-corrected chi connectivity index (χ3v) is 12.2. The molecule has 6 heterocycles. The Morgan fingerprint density at radius 3 is 1.00 bits per heavy atom. The Labute approximate surface area is 425 Å². The van der Waals surface area contributed by atoms with Crippen molar-refractivity contribution in [3.8, 4) is 0 Å². The number of amides is 7. The molecule has 7 amide bonds. The Balaban J connectivity index is 0.000000410. The molecule has 402 valence electrons. The van der Waals surface area contributed by atoms with Crippen LogP contribution in [0.2, 0.25) is 0 Å². The third-order valence-electron chi connectivity index (χ3n) is 12.2. The van der Waals surface area contributed by atoms with Crippen molar-refractivity contribution < 1.29 is 38.2 Å². The molecule has 70 heavy (non-hydrogen) atoms. The van der Waals surface area contributed by atoms with Crippen molar-refractivity contribution in [1.82, 2.24) is 34.3 Å². The third kappa shape index (κ3) is 22.8. The monoisotopic (exact) mass is 986 g/mol. The van der Waals surface area contributed by atoms with Crippen molar-refractivity contribution in [3.63, 3.8) is 0 Å². The van der Waals surface area contributed by atoms with Crippen molar-refractivity contribution in [2.75, 3.05) is 72.7 Å². The molecule has 0 unspecified atom stereocenters. The molecule has 6 saturated heterocycles. The molecule has 0 aliphatic carbocycles. The normalized spacial score (nSPS) is 19.1. The lowest BCUT2D eigenvalue weighted by Gasteiger charge is -2.38. The van der Waals surface area contributed by atoms with Crippen LogP contribution in [0.1, 0.15) is 175 Å². The SMILES string of the molecule is CC(C)(C)N1CCCC1=O.CC(C)(C)N1CCCC1=O.CC(C)(C)N1CCCCC1=O.CC(C)(C)N1CCOC1=O.CC(C)(C)N1CCOCC1=O.CN1CCN(C(C)(C)C)C1=O.Cc1ccccc1. The van der Waals surface area contributed by atoms with Gasteiger partial charge in [0.1, 0.15) is 13.2 Å². The molecule has 0 saturated carbocycles. The average Bonchev–Trinajstić information content (AvgIpc) is 4.04. The van der Waals surface area contributed by atoms with Crippen molar-refractivity contribution in [3.05, 3.63) is 35.9 Å². The van der Waals surface area contributed by atoms with Gasteiger partial charge in [0.25, 0.3) is 0 Å². The highest BCUT2D eigenvalue weighted by Crippen LogP contribution is 2.24. The Kier molecular flexibility index (Phi) is 24.9. The quantitative estimate of drug-likeness (QED) is 0.250. The van der Waals surface area contributed by atoms with Gasteiger partial charge in [0, 0.05) is 98.8 Å². The zero-order valence-electron chi connectivity index (χ0n) is 47.8. The maximum atomic E-state index is 11.4. The molecule has 6 fully saturated rings. The second kappa shape index (κ2) is 27.4. The predicted molar refractivity (Wildman–Crippen MR) is 282 cm³/mol. The van der Waals surface area contributed by atoms with E-state index in [1.165, 1.54) is 12.0 Å². The largest absolute Gasteiger partial charge is 0.448 e. The van der Waals surface area contributed by atoms with E-state index in [-0.39, 0.29) is 57.9 Å². The first-order chi connectivity index (χ1) is 31.9. The lowest BCUT2D eigenvalue weighted by molar-refractivity contribution is -0.148. The van der Waals surface area contributed by atoms with E-state index >= 15 is 0 Å². The Bertz CT molecular complexity index is 1650. The lowest BCUT2D eigenvalue weighted by Crippen LogP contribution is -2.51. The molecular weight excluding hydrogens is 887 g/mol. The maximum absolute atomic E-state index is 11.4. The van der Waals surface area contributed by atoms with Gasteiger partial charge in [0.2, 0.25) is 23.6 Å². The van der Waals surface area contributed by atoms with Gasteiger partial charge in [-0.15, -0.1) is 0 Å². The molecule has 1 aromatic carbocycles. The van der Waals surface area contributed by atoms with Gasteiger partial charge in [0.15, 0.2) is 0 Å². The highest BCUT2D eigenvalue weighted by molar-refractivity contribution is 5.80. The van der Waals surface area contributed by atoms with E-state index in [9.17, 15) is 28.8 Å². The zero-order chi connectivity index (χ0) is 54.1. The predicted octanol–water partition coefficient (Wildman–Crippen LogP) is 9.64. The number of nitrogens with zero attached hydrogens (tertiary/aromatic N) is 7. The molecule has 0 N–H and O–H groups in total. The fourth-order valence-electron chi connectivity index (χ4n) is 8.26. The zero-order valence-corrected chi connectivity index (χ0v) is 47.8. The van der Waals surface area contributed by atoms with Crippen LogP contribution < -0.4 is 0 Å². The van der Waals surface area contributed by atoms with Crippen LogP contribution in [0, 0.1) is 6.92 Å². The number of carbonyl (C=O) groups is 6. The van der Waals surface area contributed by atoms with Gasteiger partial charge in [-0.3, -0.25) is 24.1 Å². The first-order valence-electron chi connectivity index (χ1n) is 25.7. The van der Waals surface area contributed by atoms with E-state index in [0.29, 0.717) is 30.9 Å². The van der Waals surface area contributed by atoms with Crippen LogP contribution in [0.3, 0.4) is 0 Å². The topological polar surface area (TPSA) is 144 Å². The first kappa shape index (κ1) is 63.6. The number of likely N-dealkylation sites (N-methyl/N-ethyl adjacent to an activating group) is 1. The minimum absolute atomic E-state index is 0.0253. The number of hydrogen-bond donors (Lipinski definition) is 0. The molecule has 6 aliphatic heterocycles. The Morgan fingerprint density at radius 1 is 0.400 bits per heavy atom. The average molecular weight is 986 g/mol. The number of carbonyl (C=O) groups excluding carboxylic acids is 6. The summed E-state index contributed by atoms with van der Waals surface area (Å²) in [6, 6.07) is 10.4. The van der Waals surface area contributed by atoms with Crippen LogP contribution in [0.25, 0.3) is 0 Å².